The molecule has 0 aliphatic heterocycles. The first-order valence-corrected chi connectivity index (χ1v) is 10.2. The van der Waals surface area contributed by atoms with E-state index in [0.29, 0.717) is 27.3 Å². The number of ketones is 1. The summed E-state index contributed by atoms with van der Waals surface area (Å²) in [5, 5.41) is 14.3. The summed E-state index contributed by atoms with van der Waals surface area (Å²) in [5.74, 6) is -0.219. The van der Waals surface area contributed by atoms with Crippen LogP contribution in [0, 0.1) is 5.82 Å². The molecule has 2 aromatic carbocycles. The van der Waals surface area contributed by atoms with E-state index in [1.165, 1.54) is 42.2 Å². The minimum atomic E-state index is -0.335. The summed E-state index contributed by atoms with van der Waals surface area (Å²) >= 11 is 2.60. The number of aromatic nitrogens is 2. The van der Waals surface area contributed by atoms with Gasteiger partial charge in [0, 0.05) is 24.7 Å². The second-order valence-corrected chi connectivity index (χ2v) is 8.03. The van der Waals surface area contributed by atoms with Gasteiger partial charge < -0.3 is 10.6 Å². The Kier molecular flexibility index (Phi) is 6.72. The van der Waals surface area contributed by atoms with E-state index >= 15 is 0 Å². The highest BCUT2D eigenvalue weighted by Gasteiger charge is 2.11. The van der Waals surface area contributed by atoms with Crippen LogP contribution in [0.15, 0.2) is 52.9 Å². The van der Waals surface area contributed by atoms with E-state index in [9.17, 15) is 14.0 Å². The first-order valence-electron chi connectivity index (χ1n) is 8.35. The van der Waals surface area contributed by atoms with Crippen LogP contribution < -0.4 is 10.6 Å². The molecule has 0 radical (unpaired) electrons. The Morgan fingerprint density at radius 3 is 2.64 bits per heavy atom. The lowest BCUT2D eigenvalue weighted by molar-refractivity contribution is -0.119. The Morgan fingerprint density at radius 1 is 1.14 bits per heavy atom. The zero-order valence-electron chi connectivity index (χ0n) is 14.9. The normalized spacial score (nSPS) is 10.5. The predicted molar refractivity (Wildman–Crippen MR) is 109 cm³/mol. The Hall–Kier alpha value is -2.78. The minimum absolute atomic E-state index is 0.0223. The predicted octanol–water partition coefficient (Wildman–Crippen LogP) is 4.03. The Labute approximate surface area is 169 Å². The molecular formula is C19H17FN4O2S2. The van der Waals surface area contributed by atoms with Gasteiger partial charge in [-0.1, -0.05) is 53.4 Å². The second-order valence-electron chi connectivity index (χ2n) is 5.83. The molecule has 144 valence electrons. The molecule has 6 nitrogen and oxygen atoms in total. The second kappa shape index (κ2) is 9.43. The number of amides is 1. The maximum Gasteiger partial charge on any atom is 0.217 e. The molecule has 0 fully saturated rings. The fraction of sp³-hybridized carbons (Fsp3) is 0.158. The Balaban J connectivity index is 1.52. The van der Waals surface area contributed by atoms with Gasteiger partial charge in [0.05, 0.1) is 5.75 Å². The number of carbonyl (C=O) groups excluding carboxylic acids is 2. The summed E-state index contributed by atoms with van der Waals surface area (Å²) in [6, 6.07) is 13.2. The number of halogens is 1. The summed E-state index contributed by atoms with van der Waals surface area (Å²) in [4.78, 5) is 23.3. The standard InChI is InChI=1S/C19H17FN4O2S2/c1-12(25)21-10-13-5-7-14(8-6-13)17(26)11-27-19-24-23-18(28-19)22-16-4-2-3-15(20)9-16/h2-9H,10-11H2,1H3,(H,21,25)(H,22,23). The van der Waals surface area contributed by atoms with Crippen LogP contribution in [0.3, 0.4) is 0 Å². The van der Waals surface area contributed by atoms with Crippen molar-refractivity contribution in [3.05, 3.63) is 65.5 Å². The van der Waals surface area contributed by atoms with Gasteiger partial charge in [-0.3, -0.25) is 9.59 Å². The van der Waals surface area contributed by atoms with Gasteiger partial charge in [0.15, 0.2) is 10.1 Å². The largest absolute Gasteiger partial charge is 0.352 e. The lowest BCUT2D eigenvalue weighted by atomic mass is 10.1. The van der Waals surface area contributed by atoms with Gasteiger partial charge in [0.2, 0.25) is 11.0 Å². The van der Waals surface area contributed by atoms with E-state index in [-0.39, 0.29) is 23.3 Å². The van der Waals surface area contributed by atoms with Crippen molar-refractivity contribution in [3.63, 3.8) is 0 Å². The lowest BCUT2D eigenvalue weighted by Crippen LogP contribution is -2.18. The van der Waals surface area contributed by atoms with E-state index in [1.54, 1.807) is 24.3 Å². The molecule has 1 aromatic heterocycles. The van der Waals surface area contributed by atoms with Crippen molar-refractivity contribution in [2.45, 2.75) is 17.8 Å². The number of hydrogen-bond donors (Lipinski definition) is 2. The number of rotatable bonds is 8. The van der Waals surface area contributed by atoms with Crippen molar-refractivity contribution >= 4 is 45.6 Å². The first kappa shape index (κ1) is 20.0. The average Bonchev–Trinajstić information content (AvgIpc) is 3.12. The van der Waals surface area contributed by atoms with Crippen LogP contribution in [0.1, 0.15) is 22.8 Å². The number of anilines is 2. The van der Waals surface area contributed by atoms with Gasteiger partial charge in [0.1, 0.15) is 5.82 Å². The SMILES string of the molecule is CC(=O)NCc1ccc(C(=O)CSc2nnc(Nc3cccc(F)c3)s2)cc1. The molecule has 0 atom stereocenters. The molecule has 0 saturated heterocycles. The Morgan fingerprint density at radius 2 is 1.93 bits per heavy atom. The maximum absolute atomic E-state index is 13.2. The van der Waals surface area contributed by atoms with Gasteiger partial charge in [-0.2, -0.15) is 0 Å². The molecule has 0 aliphatic rings. The van der Waals surface area contributed by atoms with Gasteiger partial charge in [0.25, 0.3) is 0 Å². The minimum Gasteiger partial charge on any atom is -0.352 e. The third-order valence-corrected chi connectivity index (χ3v) is 5.60. The van der Waals surface area contributed by atoms with Crippen molar-refractivity contribution in [2.75, 3.05) is 11.1 Å². The van der Waals surface area contributed by atoms with Crippen LogP contribution >= 0.6 is 23.1 Å². The first-order chi connectivity index (χ1) is 13.5. The number of nitrogens with one attached hydrogen (secondary N) is 2. The number of Topliss-reactive ketones (excluding diaryl/α,β-unsaturated/α-hetero) is 1. The van der Waals surface area contributed by atoms with Crippen LogP contribution in [0.25, 0.3) is 0 Å². The van der Waals surface area contributed by atoms with E-state index < -0.39 is 0 Å². The molecule has 3 rings (SSSR count). The summed E-state index contributed by atoms with van der Waals surface area (Å²) < 4.78 is 13.9. The van der Waals surface area contributed by atoms with Gasteiger partial charge >= 0.3 is 0 Å². The summed E-state index contributed by atoms with van der Waals surface area (Å²) in [7, 11) is 0. The third-order valence-electron chi connectivity index (χ3n) is 3.63. The smallest absolute Gasteiger partial charge is 0.217 e. The molecule has 3 aromatic rings. The number of hydrogen-bond acceptors (Lipinski definition) is 7. The molecule has 0 saturated carbocycles. The molecule has 2 N–H and O–H groups in total. The fourth-order valence-corrected chi connectivity index (χ4v) is 3.92. The summed E-state index contributed by atoms with van der Waals surface area (Å²) in [6.07, 6.45) is 0. The van der Waals surface area contributed by atoms with E-state index in [2.05, 4.69) is 20.8 Å². The van der Waals surface area contributed by atoms with Crippen LogP contribution in [-0.4, -0.2) is 27.6 Å². The topological polar surface area (TPSA) is 84.0 Å². The highest BCUT2D eigenvalue weighted by atomic mass is 32.2. The number of benzene rings is 2. The third kappa shape index (κ3) is 5.86. The molecule has 0 bridgehead atoms. The molecular weight excluding hydrogens is 399 g/mol. The van der Waals surface area contributed by atoms with Crippen molar-refractivity contribution < 1.29 is 14.0 Å². The van der Waals surface area contributed by atoms with Crippen molar-refractivity contribution in [3.8, 4) is 0 Å². The van der Waals surface area contributed by atoms with Crippen molar-refractivity contribution in [1.29, 1.82) is 0 Å². The summed E-state index contributed by atoms with van der Waals surface area (Å²) in [6.45, 7) is 1.89. The zero-order chi connectivity index (χ0) is 19.9. The fourth-order valence-electron chi connectivity index (χ4n) is 2.25. The van der Waals surface area contributed by atoms with Crippen LogP contribution in [0.2, 0.25) is 0 Å². The van der Waals surface area contributed by atoms with Crippen LogP contribution in [0.5, 0.6) is 0 Å². The van der Waals surface area contributed by atoms with Gasteiger partial charge in [-0.15, -0.1) is 10.2 Å². The average molecular weight is 417 g/mol. The number of carbonyl (C=O) groups is 2. The molecule has 1 amide bonds. The van der Waals surface area contributed by atoms with E-state index in [4.69, 9.17) is 0 Å². The lowest BCUT2D eigenvalue weighted by Gasteiger charge is -2.04. The quantitative estimate of drug-likeness (QED) is 0.426. The van der Waals surface area contributed by atoms with E-state index in [1.807, 2.05) is 12.1 Å². The highest BCUT2D eigenvalue weighted by molar-refractivity contribution is 8.01. The van der Waals surface area contributed by atoms with Gasteiger partial charge in [-0.25, -0.2) is 4.39 Å². The Bertz CT molecular complexity index is 976. The summed E-state index contributed by atoms with van der Waals surface area (Å²) in [5.41, 5.74) is 2.11. The number of thioether (sulfide) groups is 1. The molecule has 0 aliphatic carbocycles. The number of nitrogens with zero attached hydrogens (tertiary/aromatic N) is 2. The molecule has 0 unspecified atom stereocenters. The molecule has 1 heterocycles. The highest BCUT2D eigenvalue weighted by Crippen LogP contribution is 2.28. The molecule has 28 heavy (non-hydrogen) atoms. The van der Waals surface area contributed by atoms with Crippen molar-refractivity contribution in [1.82, 2.24) is 15.5 Å². The molecule has 0 spiro atoms. The van der Waals surface area contributed by atoms with E-state index in [0.717, 1.165) is 5.56 Å². The van der Waals surface area contributed by atoms with Gasteiger partial charge in [-0.05, 0) is 23.8 Å². The van der Waals surface area contributed by atoms with Crippen molar-refractivity contribution in [2.24, 2.45) is 0 Å². The zero-order valence-corrected chi connectivity index (χ0v) is 16.6. The van der Waals surface area contributed by atoms with Crippen LogP contribution in [0.4, 0.5) is 15.2 Å². The monoisotopic (exact) mass is 416 g/mol. The molecule has 9 heteroatoms. The maximum atomic E-state index is 13.2. The van der Waals surface area contributed by atoms with Crippen LogP contribution in [-0.2, 0) is 11.3 Å².